The molecule has 2 saturated heterocycles. The third-order valence-electron chi connectivity index (χ3n) is 8.50. The van der Waals surface area contributed by atoms with E-state index in [1.54, 1.807) is 30.3 Å². The van der Waals surface area contributed by atoms with Crippen LogP contribution in [0.1, 0.15) is 40.7 Å². The molecule has 3 aliphatic rings. The molecule has 44 heavy (non-hydrogen) atoms. The molecule has 2 aliphatic heterocycles. The third kappa shape index (κ3) is 6.53. The zero-order chi connectivity index (χ0) is 30.5. The van der Waals surface area contributed by atoms with Gasteiger partial charge in [-0.2, -0.15) is 0 Å². The van der Waals surface area contributed by atoms with Crippen LogP contribution in [0.4, 0.5) is 0 Å². The van der Waals surface area contributed by atoms with Crippen LogP contribution in [-0.4, -0.2) is 48.8 Å². The summed E-state index contributed by atoms with van der Waals surface area (Å²) in [5.41, 5.74) is 0.622. The van der Waals surface area contributed by atoms with Gasteiger partial charge in [0.15, 0.2) is 0 Å². The predicted molar refractivity (Wildman–Crippen MR) is 156 cm³/mol. The van der Waals surface area contributed by atoms with Crippen molar-refractivity contribution in [2.45, 2.75) is 44.2 Å². The van der Waals surface area contributed by atoms with Crippen LogP contribution in [0.15, 0.2) is 91.0 Å². The first-order valence-electron chi connectivity index (χ1n) is 14.9. The lowest BCUT2D eigenvalue weighted by Gasteiger charge is -2.36. The largest absolute Gasteiger partial charge is 0.462 e. The van der Waals surface area contributed by atoms with E-state index < -0.39 is 47.4 Å². The first-order valence-corrected chi connectivity index (χ1v) is 14.9. The summed E-state index contributed by atoms with van der Waals surface area (Å²) in [4.78, 5) is 52.9. The second-order valence-electron chi connectivity index (χ2n) is 11.6. The highest BCUT2D eigenvalue weighted by molar-refractivity contribution is 5.89. The van der Waals surface area contributed by atoms with E-state index in [-0.39, 0.29) is 44.7 Å². The zero-order valence-corrected chi connectivity index (χ0v) is 24.2. The maximum Gasteiger partial charge on any atom is 0.338 e. The van der Waals surface area contributed by atoms with Gasteiger partial charge < -0.3 is 23.7 Å². The van der Waals surface area contributed by atoms with Crippen molar-refractivity contribution in [1.29, 1.82) is 0 Å². The van der Waals surface area contributed by atoms with Crippen LogP contribution in [0.3, 0.4) is 0 Å². The summed E-state index contributed by atoms with van der Waals surface area (Å²) in [6.45, 7) is -0.269. The van der Waals surface area contributed by atoms with E-state index in [0.29, 0.717) is 5.56 Å². The van der Waals surface area contributed by atoms with Gasteiger partial charge in [-0.1, -0.05) is 78.9 Å². The number of hydrogen-bond donors (Lipinski definition) is 0. The Hall–Kier alpha value is -4.50. The molecule has 3 aromatic carbocycles. The number of fused-ring (bicyclic) bond motifs is 2. The predicted octanol–water partition coefficient (Wildman–Crippen LogP) is 4.67. The Kier molecular flexibility index (Phi) is 8.74. The number of ether oxygens (including phenoxy) is 5. The molecular formula is C35H34O9. The molecule has 3 aromatic rings. The summed E-state index contributed by atoms with van der Waals surface area (Å²) in [5.74, 6) is -4.90. The van der Waals surface area contributed by atoms with Gasteiger partial charge >= 0.3 is 23.9 Å². The Bertz CT molecular complexity index is 1470. The van der Waals surface area contributed by atoms with Crippen molar-refractivity contribution in [2.75, 3.05) is 13.2 Å². The first kappa shape index (κ1) is 29.6. The summed E-state index contributed by atoms with van der Waals surface area (Å²) in [6.07, 6.45) is 0.913. The van der Waals surface area contributed by atoms with Crippen molar-refractivity contribution in [1.82, 2.24) is 0 Å². The van der Waals surface area contributed by atoms with E-state index in [4.69, 9.17) is 23.7 Å². The van der Waals surface area contributed by atoms with E-state index in [0.717, 1.165) is 24.0 Å². The van der Waals surface area contributed by atoms with E-state index in [2.05, 4.69) is 0 Å². The second-order valence-corrected chi connectivity index (χ2v) is 11.6. The van der Waals surface area contributed by atoms with Crippen molar-refractivity contribution in [3.63, 3.8) is 0 Å². The molecule has 6 rings (SSSR count). The molecule has 0 unspecified atom stereocenters. The van der Waals surface area contributed by atoms with Crippen molar-refractivity contribution in [3.8, 4) is 0 Å². The molecule has 9 nitrogen and oxygen atoms in total. The number of rotatable bonds is 12. The summed E-state index contributed by atoms with van der Waals surface area (Å²) in [7, 11) is 0. The van der Waals surface area contributed by atoms with Gasteiger partial charge in [-0.25, -0.2) is 4.79 Å². The minimum atomic E-state index is -1.34. The Labute approximate surface area is 255 Å². The van der Waals surface area contributed by atoms with E-state index >= 15 is 0 Å². The summed E-state index contributed by atoms with van der Waals surface area (Å²) < 4.78 is 29.3. The van der Waals surface area contributed by atoms with Gasteiger partial charge in [0.25, 0.3) is 0 Å². The van der Waals surface area contributed by atoms with Crippen molar-refractivity contribution >= 4 is 23.9 Å². The second kappa shape index (κ2) is 13.0. The van der Waals surface area contributed by atoms with Gasteiger partial charge in [0.2, 0.25) is 0 Å². The highest BCUT2D eigenvalue weighted by Gasteiger charge is 2.69. The smallest absolute Gasteiger partial charge is 0.338 e. The van der Waals surface area contributed by atoms with Crippen LogP contribution in [0.25, 0.3) is 0 Å². The minimum absolute atomic E-state index is 0.00266. The third-order valence-corrected chi connectivity index (χ3v) is 8.50. The number of benzene rings is 3. The highest BCUT2D eigenvalue weighted by atomic mass is 16.6. The molecule has 2 heterocycles. The SMILES string of the molecule is O=C(OC[C@H]1C[C@]2(COC(=O)C3CC3)O[C@H]1[C@@H](C(=O)OCc1ccccc1)[C@H]2C(=O)OCc1ccccc1)c1ccccc1. The summed E-state index contributed by atoms with van der Waals surface area (Å²) in [5, 5.41) is 0. The minimum Gasteiger partial charge on any atom is -0.462 e. The lowest BCUT2D eigenvalue weighted by molar-refractivity contribution is -0.171. The molecule has 0 N–H and O–H groups in total. The van der Waals surface area contributed by atoms with E-state index in [1.807, 2.05) is 60.7 Å². The molecule has 1 saturated carbocycles. The quantitative estimate of drug-likeness (QED) is 0.217. The van der Waals surface area contributed by atoms with Crippen LogP contribution in [0.2, 0.25) is 0 Å². The van der Waals surface area contributed by atoms with Crippen molar-refractivity contribution in [2.24, 2.45) is 23.7 Å². The molecule has 5 atom stereocenters. The van der Waals surface area contributed by atoms with Gasteiger partial charge in [0, 0.05) is 5.92 Å². The Morgan fingerprint density at radius 3 is 1.84 bits per heavy atom. The fraction of sp³-hybridized carbons (Fsp3) is 0.371. The average Bonchev–Trinajstić information content (AvgIpc) is 3.79. The van der Waals surface area contributed by atoms with Crippen LogP contribution >= 0.6 is 0 Å². The fourth-order valence-corrected chi connectivity index (χ4v) is 6.14. The van der Waals surface area contributed by atoms with Crippen LogP contribution in [0, 0.1) is 23.7 Å². The fourth-order valence-electron chi connectivity index (χ4n) is 6.14. The van der Waals surface area contributed by atoms with Crippen LogP contribution in [0.5, 0.6) is 0 Å². The van der Waals surface area contributed by atoms with Crippen LogP contribution in [-0.2, 0) is 51.3 Å². The highest BCUT2D eigenvalue weighted by Crippen LogP contribution is 2.55. The zero-order valence-electron chi connectivity index (χ0n) is 24.2. The Morgan fingerprint density at radius 1 is 0.682 bits per heavy atom. The normalized spacial score (nSPS) is 25.2. The Morgan fingerprint density at radius 2 is 1.25 bits per heavy atom. The van der Waals surface area contributed by atoms with E-state index in [9.17, 15) is 19.2 Å². The molecule has 9 heteroatoms. The molecule has 0 spiro atoms. The average molecular weight is 599 g/mol. The number of carbonyl (C=O) groups excluding carboxylic acids is 4. The number of esters is 4. The summed E-state index contributed by atoms with van der Waals surface area (Å²) in [6, 6.07) is 27.0. The van der Waals surface area contributed by atoms with Crippen molar-refractivity contribution in [3.05, 3.63) is 108 Å². The van der Waals surface area contributed by atoms with Gasteiger partial charge in [-0.15, -0.1) is 0 Å². The van der Waals surface area contributed by atoms with Gasteiger partial charge in [-0.05, 0) is 42.5 Å². The molecule has 2 bridgehead atoms. The van der Waals surface area contributed by atoms with Crippen LogP contribution < -0.4 is 0 Å². The number of carbonyl (C=O) groups is 4. The molecule has 0 amide bonds. The molecule has 228 valence electrons. The monoisotopic (exact) mass is 598 g/mol. The number of hydrogen-bond acceptors (Lipinski definition) is 9. The molecule has 0 aromatic heterocycles. The maximum atomic E-state index is 13.8. The first-order chi connectivity index (χ1) is 21.4. The summed E-state index contributed by atoms with van der Waals surface area (Å²) >= 11 is 0. The topological polar surface area (TPSA) is 114 Å². The Balaban J connectivity index is 1.25. The van der Waals surface area contributed by atoms with Gasteiger partial charge in [0.1, 0.15) is 31.3 Å². The maximum absolute atomic E-state index is 13.8. The van der Waals surface area contributed by atoms with Crippen molar-refractivity contribution < 1.29 is 42.9 Å². The lowest BCUT2D eigenvalue weighted by Crippen LogP contribution is -2.52. The molecule has 1 aliphatic carbocycles. The molecular weight excluding hydrogens is 564 g/mol. The van der Waals surface area contributed by atoms with E-state index in [1.165, 1.54) is 0 Å². The molecule has 3 fully saturated rings. The lowest BCUT2D eigenvalue weighted by atomic mass is 9.67. The standard InChI is InChI=1S/C35H34O9/c36-31(25-14-8-3-9-15-25)42-21-27-18-35(22-43-32(37)26-16-17-26)29(34(39)41-20-24-12-6-2-7-13-24)28(30(27)44-35)33(38)40-19-23-10-4-1-5-11-23/h1-15,26-30H,16-22H2/t27-,28+,29+,30-,35-/m1/s1. The molecule has 0 radical (unpaired) electrons. The van der Waals surface area contributed by atoms with Gasteiger partial charge in [-0.3, -0.25) is 14.4 Å². The van der Waals surface area contributed by atoms with Gasteiger partial charge in [0.05, 0.1) is 30.1 Å².